The largest absolute Gasteiger partial charge is 0.395 e. The predicted molar refractivity (Wildman–Crippen MR) is 59.1 cm³/mol. The molecule has 0 radical (unpaired) electrons. The van der Waals surface area contributed by atoms with Crippen molar-refractivity contribution in [3.63, 3.8) is 0 Å². The van der Waals surface area contributed by atoms with Gasteiger partial charge in [0.1, 0.15) is 0 Å². The second kappa shape index (κ2) is 6.34. The second-order valence-corrected chi connectivity index (χ2v) is 3.07. The third-order valence-corrected chi connectivity index (χ3v) is 1.88. The molecule has 6 heteroatoms. The number of rotatable bonds is 4. The molecule has 1 atom stereocenters. The average Bonchev–Trinajstić information content (AvgIpc) is 2.18. The topological polar surface area (TPSA) is 89.4 Å². The lowest BCUT2D eigenvalue weighted by molar-refractivity contribution is -0.384. The number of hydrogen-bond acceptors (Lipinski definition) is 4. The number of non-ortho nitro benzene ring substituents is 1. The van der Waals surface area contributed by atoms with Gasteiger partial charge in [-0.2, -0.15) is 0 Å². The highest BCUT2D eigenvalue weighted by atomic mass is 35.5. The van der Waals surface area contributed by atoms with Crippen LogP contribution in [0.25, 0.3) is 0 Å². The van der Waals surface area contributed by atoms with Crippen LogP contribution in [0.4, 0.5) is 5.69 Å². The van der Waals surface area contributed by atoms with E-state index >= 15 is 0 Å². The van der Waals surface area contributed by atoms with Gasteiger partial charge in [0.2, 0.25) is 0 Å². The van der Waals surface area contributed by atoms with Gasteiger partial charge in [0.25, 0.3) is 5.69 Å². The van der Waals surface area contributed by atoms with E-state index < -0.39 is 4.92 Å². The number of nitrogens with two attached hydrogens (primary N) is 1. The molecule has 3 N–H and O–H groups in total. The van der Waals surface area contributed by atoms with Crippen molar-refractivity contribution >= 4 is 18.1 Å². The molecule has 0 aliphatic carbocycles. The number of nitro groups is 1. The van der Waals surface area contributed by atoms with Gasteiger partial charge in [-0.1, -0.05) is 12.1 Å². The van der Waals surface area contributed by atoms with E-state index in [4.69, 9.17) is 10.8 Å². The molecule has 1 aromatic rings. The molecule has 0 aliphatic rings. The Bertz CT molecular complexity index is 316. The van der Waals surface area contributed by atoms with Crippen molar-refractivity contribution in [1.29, 1.82) is 0 Å². The highest BCUT2D eigenvalue weighted by Crippen LogP contribution is 2.12. The molecule has 5 nitrogen and oxygen atoms in total. The lowest BCUT2D eigenvalue weighted by Crippen LogP contribution is -2.26. The highest BCUT2D eigenvalue weighted by molar-refractivity contribution is 5.85. The summed E-state index contributed by atoms with van der Waals surface area (Å²) in [7, 11) is 0. The van der Waals surface area contributed by atoms with E-state index in [1.54, 1.807) is 12.1 Å². The summed E-state index contributed by atoms with van der Waals surface area (Å²) in [5.74, 6) is 0. The number of nitro benzene ring substituents is 1. The van der Waals surface area contributed by atoms with Crippen LogP contribution in [-0.4, -0.2) is 22.7 Å². The third kappa shape index (κ3) is 4.24. The fourth-order valence-corrected chi connectivity index (χ4v) is 1.12. The molecule has 0 aliphatic heterocycles. The Morgan fingerprint density at radius 3 is 2.33 bits per heavy atom. The maximum absolute atomic E-state index is 10.3. The summed E-state index contributed by atoms with van der Waals surface area (Å²) in [4.78, 5) is 9.88. The molecule has 84 valence electrons. The van der Waals surface area contributed by atoms with Crippen LogP contribution in [-0.2, 0) is 6.42 Å². The van der Waals surface area contributed by atoms with Crippen molar-refractivity contribution in [2.24, 2.45) is 5.73 Å². The van der Waals surface area contributed by atoms with Crippen molar-refractivity contribution in [2.45, 2.75) is 12.5 Å². The minimum Gasteiger partial charge on any atom is -0.395 e. The van der Waals surface area contributed by atoms with Gasteiger partial charge in [0, 0.05) is 18.2 Å². The first kappa shape index (κ1) is 13.8. The number of hydrogen-bond donors (Lipinski definition) is 2. The van der Waals surface area contributed by atoms with Gasteiger partial charge in [-0.05, 0) is 12.0 Å². The zero-order chi connectivity index (χ0) is 10.6. The number of aliphatic hydroxyl groups excluding tert-OH is 1. The van der Waals surface area contributed by atoms with Crippen LogP contribution in [0.5, 0.6) is 0 Å². The summed E-state index contributed by atoms with van der Waals surface area (Å²) in [5.41, 5.74) is 6.47. The molecule has 1 rings (SSSR count). The molecular weight excluding hydrogens is 220 g/mol. The van der Waals surface area contributed by atoms with Crippen molar-refractivity contribution < 1.29 is 10.0 Å². The van der Waals surface area contributed by atoms with Crippen LogP contribution in [0, 0.1) is 10.1 Å². The van der Waals surface area contributed by atoms with Crippen molar-refractivity contribution in [3.05, 3.63) is 39.9 Å². The quantitative estimate of drug-likeness (QED) is 0.596. The van der Waals surface area contributed by atoms with E-state index in [-0.39, 0.29) is 30.7 Å². The molecule has 0 aromatic heterocycles. The van der Waals surface area contributed by atoms with Crippen LogP contribution < -0.4 is 5.73 Å². The van der Waals surface area contributed by atoms with E-state index in [1.165, 1.54) is 12.1 Å². The monoisotopic (exact) mass is 232 g/mol. The van der Waals surface area contributed by atoms with E-state index in [1.807, 2.05) is 0 Å². The Morgan fingerprint density at radius 1 is 1.40 bits per heavy atom. The van der Waals surface area contributed by atoms with Crippen LogP contribution in [0.15, 0.2) is 24.3 Å². The van der Waals surface area contributed by atoms with E-state index in [0.29, 0.717) is 6.42 Å². The lowest BCUT2D eigenvalue weighted by Gasteiger charge is -2.06. The summed E-state index contributed by atoms with van der Waals surface area (Å²) < 4.78 is 0. The summed E-state index contributed by atoms with van der Waals surface area (Å²) in [6, 6.07) is 5.84. The maximum atomic E-state index is 10.3. The van der Waals surface area contributed by atoms with E-state index in [0.717, 1.165) is 5.56 Å². The van der Waals surface area contributed by atoms with Gasteiger partial charge in [-0.25, -0.2) is 0 Å². The molecule has 0 heterocycles. The van der Waals surface area contributed by atoms with Crippen LogP contribution in [0.3, 0.4) is 0 Å². The third-order valence-electron chi connectivity index (χ3n) is 1.88. The molecule has 0 saturated heterocycles. The second-order valence-electron chi connectivity index (χ2n) is 3.07. The van der Waals surface area contributed by atoms with Crippen LogP contribution in [0.1, 0.15) is 5.56 Å². The van der Waals surface area contributed by atoms with Crippen molar-refractivity contribution in [1.82, 2.24) is 0 Å². The lowest BCUT2D eigenvalue weighted by atomic mass is 10.1. The molecule has 0 fully saturated rings. The zero-order valence-corrected chi connectivity index (χ0v) is 8.81. The molecule has 0 bridgehead atoms. The predicted octanol–water partition coefficient (Wildman–Crippen LogP) is 0.879. The van der Waals surface area contributed by atoms with Gasteiger partial charge >= 0.3 is 0 Å². The molecule has 15 heavy (non-hydrogen) atoms. The molecule has 1 unspecified atom stereocenters. The highest BCUT2D eigenvalue weighted by Gasteiger charge is 2.06. The van der Waals surface area contributed by atoms with Gasteiger partial charge < -0.3 is 10.8 Å². The number of halogens is 1. The van der Waals surface area contributed by atoms with Crippen molar-refractivity contribution in [3.8, 4) is 0 Å². The van der Waals surface area contributed by atoms with E-state index in [9.17, 15) is 10.1 Å². The average molecular weight is 233 g/mol. The molecule has 0 amide bonds. The zero-order valence-electron chi connectivity index (χ0n) is 8.00. The van der Waals surface area contributed by atoms with Crippen LogP contribution in [0.2, 0.25) is 0 Å². The number of aliphatic hydroxyl groups is 1. The van der Waals surface area contributed by atoms with Crippen LogP contribution >= 0.6 is 12.4 Å². The number of benzene rings is 1. The fraction of sp³-hybridized carbons (Fsp3) is 0.333. The first-order valence-corrected chi connectivity index (χ1v) is 4.23. The van der Waals surface area contributed by atoms with Gasteiger partial charge in [0.15, 0.2) is 0 Å². The van der Waals surface area contributed by atoms with Gasteiger partial charge in [-0.3, -0.25) is 10.1 Å². The number of nitrogens with zero attached hydrogens (tertiary/aromatic N) is 1. The molecule has 1 aromatic carbocycles. The Morgan fingerprint density at radius 2 is 1.93 bits per heavy atom. The first-order chi connectivity index (χ1) is 6.63. The maximum Gasteiger partial charge on any atom is 0.269 e. The SMILES string of the molecule is Cl.NC(CO)Cc1ccc([N+](=O)[O-])cc1. The van der Waals surface area contributed by atoms with Crippen molar-refractivity contribution in [2.75, 3.05) is 6.61 Å². The normalized spacial score (nSPS) is 11.6. The Kier molecular flexibility index (Phi) is 5.84. The summed E-state index contributed by atoms with van der Waals surface area (Å²) in [6.07, 6.45) is 0.522. The minimum atomic E-state index is -0.449. The summed E-state index contributed by atoms with van der Waals surface area (Å²) in [6.45, 7) is -0.0863. The van der Waals surface area contributed by atoms with E-state index in [2.05, 4.69) is 0 Å². The summed E-state index contributed by atoms with van der Waals surface area (Å²) >= 11 is 0. The minimum absolute atomic E-state index is 0. The molecule has 0 saturated carbocycles. The molecule has 0 spiro atoms. The Balaban J connectivity index is 0.00000196. The van der Waals surface area contributed by atoms with Gasteiger partial charge in [-0.15, -0.1) is 12.4 Å². The fourth-order valence-electron chi connectivity index (χ4n) is 1.12. The standard InChI is InChI=1S/C9H12N2O3.ClH/c10-8(6-12)5-7-1-3-9(4-2-7)11(13)14;/h1-4,8,12H,5-6,10H2;1H. The smallest absolute Gasteiger partial charge is 0.269 e. The Labute approximate surface area is 93.5 Å². The van der Waals surface area contributed by atoms with Gasteiger partial charge in [0.05, 0.1) is 11.5 Å². The first-order valence-electron chi connectivity index (χ1n) is 4.23. The molecular formula is C9H13ClN2O3. The Hall–Kier alpha value is -1.17. The summed E-state index contributed by atoms with van der Waals surface area (Å²) in [5, 5.41) is 19.0.